The van der Waals surface area contributed by atoms with E-state index in [-0.39, 0.29) is 11.9 Å². The van der Waals surface area contributed by atoms with Crippen LogP contribution in [0.15, 0.2) is 36.4 Å². The van der Waals surface area contributed by atoms with Gasteiger partial charge in [-0.2, -0.15) is 0 Å². The Labute approximate surface area is 167 Å². The van der Waals surface area contributed by atoms with Gasteiger partial charge in [0.25, 0.3) is 0 Å². The molecule has 1 heterocycles. The first-order valence-electron chi connectivity index (χ1n) is 9.69. The highest BCUT2D eigenvalue weighted by Gasteiger charge is 2.31. The Kier molecular flexibility index (Phi) is 6.12. The lowest BCUT2D eigenvalue weighted by molar-refractivity contribution is -0.132. The Bertz CT molecular complexity index is 829. The van der Waals surface area contributed by atoms with E-state index in [1.165, 1.54) is 11.1 Å². The molecule has 1 aliphatic rings. The number of ether oxygens (including phenoxy) is 3. The predicted molar refractivity (Wildman–Crippen MR) is 109 cm³/mol. The van der Waals surface area contributed by atoms with E-state index in [1.54, 1.807) is 21.1 Å². The summed E-state index contributed by atoms with van der Waals surface area (Å²) < 4.78 is 17.0. The first-order chi connectivity index (χ1) is 13.4. The van der Waals surface area contributed by atoms with Crippen molar-refractivity contribution in [1.82, 2.24) is 4.90 Å². The highest BCUT2D eigenvalue weighted by atomic mass is 16.5. The fraction of sp³-hybridized carbons (Fsp3) is 0.435. The largest absolute Gasteiger partial charge is 0.493 e. The second-order valence-electron chi connectivity index (χ2n) is 7.42. The Morgan fingerprint density at radius 1 is 1.11 bits per heavy atom. The molecule has 3 rings (SSSR count). The van der Waals surface area contributed by atoms with Gasteiger partial charge in [-0.3, -0.25) is 4.79 Å². The summed E-state index contributed by atoms with van der Waals surface area (Å²) >= 11 is 0. The molecule has 1 atom stereocenters. The van der Waals surface area contributed by atoms with E-state index >= 15 is 0 Å². The van der Waals surface area contributed by atoms with E-state index in [0.717, 1.165) is 17.7 Å². The first kappa shape index (κ1) is 20.1. The van der Waals surface area contributed by atoms with Crippen LogP contribution in [-0.4, -0.2) is 38.2 Å². The van der Waals surface area contributed by atoms with Crippen molar-refractivity contribution >= 4 is 5.91 Å². The van der Waals surface area contributed by atoms with Crippen molar-refractivity contribution < 1.29 is 19.0 Å². The van der Waals surface area contributed by atoms with Gasteiger partial charge in [0.05, 0.1) is 20.3 Å². The molecule has 1 unspecified atom stereocenters. The van der Waals surface area contributed by atoms with Crippen LogP contribution in [0.4, 0.5) is 0 Å². The summed E-state index contributed by atoms with van der Waals surface area (Å²) in [5, 5.41) is 0. The Morgan fingerprint density at radius 3 is 2.32 bits per heavy atom. The van der Waals surface area contributed by atoms with Crippen molar-refractivity contribution in [3.05, 3.63) is 53.1 Å². The van der Waals surface area contributed by atoms with Crippen LogP contribution in [0.5, 0.6) is 17.2 Å². The van der Waals surface area contributed by atoms with E-state index in [2.05, 4.69) is 26.0 Å². The summed E-state index contributed by atoms with van der Waals surface area (Å²) in [5.41, 5.74) is 3.49. The number of rotatable bonds is 6. The average molecular weight is 383 g/mol. The van der Waals surface area contributed by atoms with Crippen LogP contribution in [0.2, 0.25) is 0 Å². The van der Waals surface area contributed by atoms with Gasteiger partial charge in [0, 0.05) is 13.5 Å². The predicted octanol–water partition coefficient (Wildman–Crippen LogP) is 4.35. The van der Waals surface area contributed by atoms with Crippen molar-refractivity contribution in [2.24, 2.45) is 0 Å². The van der Waals surface area contributed by atoms with Crippen LogP contribution in [0.3, 0.4) is 0 Å². The molecule has 0 saturated heterocycles. The maximum absolute atomic E-state index is 12.2. The van der Waals surface area contributed by atoms with Gasteiger partial charge < -0.3 is 19.1 Å². The SMILES string of the molecule is COc1cc2c(cc1OC)C(COc1ccc(C(C)C)cc1)N(C(C)=O)CC2. The minimum Gasteiger partial charge on any atom is -0.493 e. The standard InChI is InChI=1S/C23H29NO4/c1-15(2)17-6-8-19(9-7-17)28-14-21-20-13-23(27-5)22(26-4)12-18(20)10-11-24(21)16(3)25/h6-9,12-13,15,21H,10-11,14H2,1-5H3. The van der Waals surface area contributed by atoms with Crippen molar-refractivity contribution in [3.8, 4) is 17.2 Å². The molecule has 2 aromatic rings. The summed E-state index contributed by atoms with van der Waals surface area (Å²) in [4.78, 5) is 14.1. The van der Waals surface area contributed by atoms with Gasteiger partial charge in [-0.1, -0.05) is 26.0 Å². The Morgan fingerprint density at radius 2 is 1.75 bits per heavy atom. The van der Waals surface area contributed by atoms with Gasteiger partial charge >= 0.3 is 0 Å². The molecule has 0 aliphatic carbocycles. The van der Waals surface area contributed by atoms with Gasteiger partial charge in [0.1, 0.15) is 12.4 Å². The van der Waals surface area contributed by atoms with Gasteiger partial charge in [-0.25, -0.2) is 0 Å². The lowest BCUT2D eigenvalue weighted by atomic mass is 9.92. The molecule has 0 bridgehead atoms. The molecule has 1 aliphatic heterocycles. The molecular formula is C23H29NO4. The number of methoxy groups -OCH3 is 2. The number of carbonyl (C=O) groups is 1. The molecule has 0 radical (unpaired) electrons. The van der Waals surface area contributed by atoms with E-state index in [4.69, 9.17) is 14.2 Å². The molecule has 0 saturated carbocycles. The minimum absolute atomic E-state index is 0.0455. The van der Waals surface area contributed by atoms with Crippen LogP contribution in [0, 0.1) is 0 Å². The maximum atomic E-state index is 12.2. The van der Waals surface area contributed by atoms with Crippen LogP contribution in [0.1, 0.15) is 49.4 Å². The third-order valence-electron chi connectivity index (χ3n) is 5.36. The number of benzene rings is 2. The van der Waals surface area contributed by atoms with Crippen LogP contribution < -0.4 is 14.2 Å². The third kappa shape index (κ3) is 4.08. The lowest BCUT2D eigenvalue weighted by Gasteiger charge is -2.37. The normalized spacial score (nSPS) is 15.9. The van der Waals surface area contributed by atoms with E-state index in [9.17, 15) is 4.79 Å². The molecule has 0 spiro atoms. The van der Waals surface area contributed by atoms with Gasteiger partial charge in [0.15, 0.2) is 11.5 Å². The number of hydrogen-bond donors (Lipinski definition) is 0. The second-order valence-corrected chi connectivity index (χ2v) is 7.42. The molecule has 5 heteroatoms. The highest BCUT2D eigenvalue weighted by Crippen LogP contribution is 2.38. The average Bonchev–Trinajstić information content (AvgIpc) is 2.70. The summed E-state index contributed by atoms with van der Waals surface area (Å²) in [7, 11) is 3.26. The highest BCUT2D eigenvalue weighted by molar-refractivity contribution is 5.74. The van der Waals surface area contributed by atoms with Crippen molar-refractivity contribution in [3.63, 3.8) is 0 Å². The fourth-order valence-electron chi connectivity index (χ4n) is 3.71. The van der Waals surface area contributed by atoms with Crippen molar-refractivity contribution in [1.29, 1.82) is 0 Å². The van der Waals surface area contributed by atoms with Gasteiger partial charge in [-0.15, -0.1) is 0 Å². The molecule has 0 aromatic heterocycles. The number of nitrogens with zero attached hydrogens (tertiary/aromatic N) is 1. The zero-order valence-electron chi connectivity index (χ0n) is 17.3. The molecular weight excluding hydrogens is 354 g/mol. The first-order valence-corrected chi connectivity index (χ1v) is 9.69. The number of carbonyl (C=O) groups excluding carboxylic acids is 1. The molecule has 1 amide bonds. The van der Waals surface area contributed by atoms with Crippen LogP contribution >= 0.6 is 0 Å². The Balaban J connectivity index is 1.87. The fourth-order valence-corrected chi connectivity index (χ4v) is 3.71. The number of hydrogen-bond acceptors (Lipinski definition) is 4. The minimum atomic E-state index is -0.161. The second kappa shape index (κ2) is 8.55. The maximum Gasteiger partial charge on any atom is 0.220 e. The topological polar surface area (TPSA) is 48.0 Å². The molecule has 28 heavy (non-hydrogen) atoms. The third-order valence-corrected chi connectivity index (χ3v) is 5.36. The number of amides is 1. The van der Waals surface area contributed by atoms with Crippen molar-refractivity contribution in [2.45, 2.75) is 39.2 Å². The van der Waals surface area contributed by atoms with Gasteiger partial charge in [0.2, 0.25) is 5.91 Å². The zero-order valence-corrected chi connectivity index (χ0v) is 17.3. The zero-order chi connectivity index (χ0) is 20.3. The lowest BCUT2D eigenvalue weighted by Crippen LogP contribution is -2.41. The number of fused-ring (bicyclic) bond motifs is 1. The quantitative estimate of drug-likeness (QED) is 0.744. The molecule has 2 aromatic carbocycles. The summed E-state index contributed by atoms with van der Waals surface area (Å²) in [6.45, 7) is 7.00. The molecule has 0 fully saturated rings. The van der Waals surface area contributed by atoms with E-state index < -0.39 is 0 Å². The molecule has 0 N–H and O–H groups in total. The summed E-state index contributed by atoms with van der Waals surface area (Å²) in [6, 6.07) is 12.0. The van der Waals surface area contributed by atoms with E-state index in [1.807, 2.05) is 29.2 Å². The van der Waals surface area contributed by atoms with Gasteiger partial charge in [-0.05, 0) is 53.3 Å². The van der Waals surface area contributed by atoms with Crippen LogP contribution in [0.25, 0.3) is 0 Å². The smallest absolute Gasteiger partial charge is 0.220 e. The van der Waals surface area contributed by atoms with Crippen molar-refractivity contribution in [2.75, 3.05) is 27.4 Å². The molecule has 150 valence electrons. The molecule has 5 nitrogen and oxygen atoms in total. The summed E-state index contributed by atoms with van der Waals surface area (Å²) in [6.07, 6.45) is 0.787. The Hall–Kier alpha value is -2.69. The summed E-state index contributed by atoms with van der Waals surface area (Å²) in [5.74, 6) is 2.71. The monoisotopic (exact) mass is 383 g/mol. The van der Waals surface area contributed by atoms with E-state index in [0.29, 0.717) is 30.6 Å². The van der Waals surface area contributed by atoms with Crippen LogP contribution in [-0.2, 0) is 11.2 Å².